The first-order chi connectivity index (χ1) is 15.8. The van der Waals surface area contributed by atoms with Gasteiger partial charge in [0, 0.05) is 51.2 Å². The summed E-state index contributed by atoms with van der Waals surface area (Å²) in [6, 6.07) is 6.72. The van der Waals surface area contributed by atoms with E-state index in [1.807, 2.05) is 0 Å². The minimum Gasteiger partial charge on any atom is -0.497 e. The monoisotopic (exact) mass is 479 g/mol. The Balaban J connectivity index is 1.33. The van der Waals surface area contributed by atoms with Crippen molar-refractivity contribution in [3.63, 3.8) is 0 Å². The van der Waals surface area contributed by atoms with Gasteiger partial charge in [-0.05, 0) is 63.8 Å². The maximum absolute atomic E-state index is 13.4. The van der Waals surface area contributed by atoms with E-state index in [2.05, 4.69) is 23.6 Å². The SMILES string of the molecule is COc1ccc(S(=O)(=O)N2CCC(C(=O)N3CCCC3CN3CC(C)OC(C)C3)CC2)cc1. The molecule has 1 aromatic rings. The summed E-state index contributed by atoms with van der Waals surface area (Å²) in [6.45, 7) is 8.48. The van der Waals surface area contributed by atoms with Crippen LogP contribution in [0.2, 0.25) is 0 Å². The summed E-state index contributed by atoms with van der Waals surface area (Å²) in [5.74, 6) is 0.725. The van der Waals surface area contributed by atoms with Crippen molar-refractivity contribution in [3.05, 3.63) is 24.3 Å². The van der Waals surface area contributed by atoms with Crippen LogP contribution in [0.5, 0.6) is 5.75 Å². The molecule has 3 aliphatic rings. The molecule has 3 fully saturated rings. The molecule has 3 saturated heterocycles. The maximum atomic E-state index is 13.4. The fraction of sp³-hybridized carbons (Fsp3) is 0.708. The number of morpholine rings is 1. The first kappa shape index (κ1) is 24.4. The zero-order valence-electron chi connectivity index (χ0n) is 20.0. The minimum absolute atomic E-state index is 0.101. The van der Waals surface area contributed by atoms with Crippen LogP contribution in [-0.4, -0.2) is 93.1 Å². The Morgan fingerprint density at radius 2 is 1.67 bits per heavy atom. The van der Waals surface area contributed by atoms with Gasteiger partial charge in [-0.3, -0.25) is 9.69 Å². The lowest BCUT2D eigenvalue weighted by Gasteiger charge is -2.39. The second kappa shape index (κ2) is 10.3. The Bertz CT molecular complexity index is 905. The van der Waals surface area contributed by atoms with Crippen molar-refractivity contribution in [2.75, 3.05) is 46.4 Å². The number of likely N-dealkylation sites (tertiary alicyclic amines) is 1. The number of amides is 1. The fourth-order valence-corrected chi connectivity index (χ4v) is 6.99. The lowest BCUT2D eigenvalue weighted by atomic mass is 9.96. The molecule has 1 amide bonds. The lowest BCUT2D eigenvalue weighted by molar-refractivity contribution is -0.138. The molecule has 3 unspecified atom stereocenters. The molecule has 3 aliphatic heterocycles. The number of methoxy groups -OCH3 is 1. The summed E-state index contributed by atoms with van der Waals surface area (Å²) in [4.78, 5) is 18.1. The van der Waals surface area contributed by atoms with Gasteiger partial charge < -0.3 is 14.4 Å². The molecule has 3 heterocycles. The Morgan fingerprint density at radius 3 is 2.27 bits per heavy atom. The first-order valence-electron chi connectivity index (χ1n) is 12.1. The van der Waals surface area contributed by atoms with E-state index in [9.17, 15) is 13.2 Å². The van der Waals surface area contributed by atoms with E-state index in [0.717, 1.165) is 39.0 Å². The van der Waals surface area contributed by atoms with Crippen LogP contribution in [0.25, 0.3) is 0 Å². The average Bonchev–Trinajstić information content (AvgIpc) is 3.26. The molecule has 0 saturated carbocycles. The van der Waals surface area contributed by atoms with Crippen molar-refractivity contribution in [1.29, 1.82) is 0 Å². The zero-order valence-corrected chi connectivity index (χ0v) is 20.8. The van der Waals surface area contributed by atoms with Gasteiger partial charge in [0.05, 0.1) is 24.2 Å². The highest BCUT2D eigenvalue weighted by Gasteiger charge is 2.38. The van der Waals surface area contributed by atoms with Crippen LogP contribution in [0.4, 0.5) is 0 Å². The number of nitrogens with zero attached hydrogens (tertiary/aromatic N) is 3. The highest BCUT2D eigenvalue weighted by molar-refractivity contribution is 7.89. The number of benzene rings is 1. The van der Waals surface area contributed by atoms with Crippen molar-refractivity contribution in [2.45, 2.75) is 62.7 Å². The summed E-state index contributed by atoms with van der Waals surface area (Å²) in [5.41, 5.74) is 0. The molecular weight excluding hydrogens is 442 g/mol. The van der Waals surface area contributed by atoms with E-state index in [4.69, 9.17) is 9.47 Å². The summed E-state index contributed by atoms with van der Waals surface area (Å²) in [7, 11) is -2.01. The van der Waals surface area contributed by atoms with Crippen molar-refractivity contribution >= 4 is 15.9 Å². The molecule has 0 radical (unpaired) electrons. The van der Waals surface area contributed by atoms with E-state index in [-0.39, 0.29) is 35.0 Å². The van der Waals surface area contributed by atoms with Crippen molar-refractivity contribution in [3.8, 4) is 5.75 Å². The average molecular weight is 480 g/mol. The normalized spacial score (nSPS) is 28.2. The zero-order chi connectivity index (χ0) is 23.6. The third kappa shape index (κ3) is 5.53. The summed E-state index contributed by atoms with van der Waals surface area (Å²) in [5, 5.41) is 0. The molecule has 0 aromatic heterocycles. The quantitative estimate of drug-likeness (QED) is 0.622. The number of hydrogen-bond donors (Lipinski definition) is 0. The van der Waals surface area contributed by atoms with E-state index < -0.39 is 10.0 Å². The van der Waals surface area contributed by atoms with E-state index >= 15 is 0 Å². The number of piperidine rings is 1. The van der Waals surface area contributed by atoms with Crippen molar-refractivity contribution < 1.29 is 22.7 Å². The highest BCUT2D eigenvalue weighted by Crippen LogP contribution is 2.29. The van der Waals surface area contributed by atoms with Gasteiger partial charge in [0.25, 0.3) is 0 Å². The Hall–Kier alpha value is -1.68. The Kier molecular flexibility index (Phi) is 7.63. The van der Waals surface area contributed by atoms with Gasteiger partial charge in [-0.2, -0.15) is 4.31 Å². The molecule has 0 N–H and O–H groups in total. The number of rotatable bonds is 6. The largest absolute Gasteiger partial charge is 0.497 e. The molecule has 33 heavy (non-hydrogen) atoms. The molecule has 1 aromatic carbocycles. The number of sulfonamides is 1. The minimum atomic E-state index is -3.56. The van der Waals surface area contributed by atoms with Crippen molar-refractivity contribution in [1.82, 2.24) is 14.1 Å². The van der Waals surface area contributed by atoms with Gasteiger partial charge in [0.1, 0.15) is 5.75 Å². The molecule has 4 rings (SSSR count). The third-order valence-electron chi connectivity index (χ3n) is 7.12. The second-order valence-electron chi connectivity index (χ2n) is 9.66. The summed E-state index contributed by atoms with van der Waals surface area (Å²) < 4.78 is 38.5. The third-order valence-corrected chi connectivity index (χ3v) is 9.04. The van der Waals surface area contributed by atoms with E-state index in [1.54, 1.807) is 31.4 Å². The van der Waals surface area contributed by atoms with Crippen LogP contribution in [-0.2, 0) is 19.6 Å². The molecule has 184 valence electrons. The first-order valence-corrected chi connectivity index (χ1v) is 13.5. The van der Waals surface area contributed by atoms with Crippen LogP contribution in [0, 0.1) is 5.92 Å². The van der Waals surface area contributed by atoms with E-state index in [0.29, 0.717) is 31.7 Å². The Morgan fingerprint density at radius 1 is 1.03 bits per heavy atom. The molecule has 0 aliphatic carbocycles. The smallest absolute Gasteiger partial charge is 0.243 e. The predicted octanol–water partition coefficient (Wildman–Crippen LogP) is 2.20. The number of carbonyl (C=O) groups is 1. The van der Waals surface area contributed by atoms with Crippen molar-refractivity contribution in [2.24, 2.45) is 5.92 Å². The van der Waals surface area contributed by atoms with Crippen LogP contribution in [0.3, 0.4) is 0 Å². The molecule has 0 spiro atoms. The predicted molar refractivity (Wildman–Crippen MR) is 126 cm³/mol. The topological polar surface area (TPSA) is 79.4 Å². The maximum Gasteiger partial charge on any atom is 0.243 e. The molecule has 9 heteroatoms. The van der Waals surface area contributed by atoms with Crippen LogP contribution >= 0.6 is 0 Å². The van der Waals surface area contributed by atoms with Gasteiger partial charge in [-0.1, -0.05) is 0 Å². The Labute approximate surface area is 197 Å². The lowest BCUT2D eigenvalue weighted by Crippen LogP contribution is -2.52. The second-order valence-corrected chi connectivity index (χ2v) is 11.6. The number of hydrogen-bond acceptors (Lipinski definition) is 6. The van der Waals surface area contributed by atoms with Gasteiger partial charge in [0.2, 0.25) is 15.9 Å². The van der Waals surface area contributed by atoms with Crippen LogP contribution in [0.15, 0.2) is 29.2 Å². The summed E-state index contributed by atoms with van der Waals surface area (Å²) >= 11 is 0. The van der Waals surface area contributed by atoms with Crippen LogP contribution < -0.4 is 4.74 Å². The number of ether oxygens (including phenoxy) is 2. The molecular formula is C24H37N3O5S. The standard InChI is InChI=1S/C24H37N3O5S/c1-18-15-25(16-19(2)32-18)17-21-5-4-12-27(21)24(28)20-10-13-26(14-11-20)33(29,30)23-8-6-22(31-3)7-9-23/h6-9,18-21H,4-5,10-17H2,1-3H3. The highest BCUT2D eigenvalue weighted by atomic mass is 32.2. The molecule has 0 bridgehead atoms. The molecule has 8 nitrogen and oxygen atoms in total. The summed E-state index contributed by atoms with van der Waals surface area (Å²) in [6.07, 6.45) is 3.66. The van der Waals surface area contributed by atoms with Gasteiger partial charge >= 0.3 is 0 Å². The van der Waals surface area contributed by atoms with Gasteiger partial charge in [-0.25, -0.2) is 8.42 Å². The van der Waals surface area contributed by atoms with Crippen LogP contribution in [0.1, 0.15) is 39.5 Å². The molecule has 3 atom stereocenters. The van der Waals surface area contributed by atoms with E-state index in [1.165, 1.54) is 4.31 Å². The van der Waals surface area contributed by atoms with Gasteiger partial charge in [-0.15, -0.1) is 0 Å². The van der Waals surface area contributed by atoms with Gasteiger partial charge in [0.15, 0.2) is 0 Å². The fourth-order valence-electron chi connectivity index (χ4n) is 5.52. The number of carbonyl (C=O) groups excluding carboxylic acids is 1.